The summed E-state index contributed by atoms with van der Waals surface area (Å²) in [5.74, 6) is -10.6. The predicted octanol–water partition coefficient (Wildman–Crippen LogP) is 9.05. The molecule has 404 valence electrons. The van der Waals surface area contributed by atoms with E-state index < -0.39 is 83.6 Å². The molecule has 2 aromatic carbocycles. The number of nitrogens with zero attached hydrogens (tertiary/aromatic N) is 6. The molecule has 0 radical (unpaired) electrons. The number of carboxylic acids is 2. The van der Waals surface area contributed by atoms with E-state index in [2.05, 4.69) is 62.4 Å². The van der Waals surface area contributed by atoms with Crippen molar-refractivity contribution >= 4 is 90.1 Å². The van der Waals surface area contributed by atoms with E-state index in [1.165, 1.54) is 61.2 Å². The van der Waals surface area contributed by atoms with Gasteiger partial charge < -0.3 is 30.3 Å². The highest BCUT2D eigenvalue weighted by atomic mass is 79.9. The van der Waals surface area contributed by atoms with Crippen molar-refractivity contribution in [3.05, 3.63) is 124 Å². The van der Waals surface area contributed by atoms with Crippen LogP contribution in [0, 0.1) is 23.5 Å². The van der Waals surface area contributed by atoms with Gasteiger partial charge in [-0.2, -0.15) is 0 Å². The maximum absolute atomic E-state index is 15.1. The second kappa shape index (κ2) is 22.4. The van der Waals surface area contributed by atoms with Crippen LogP contribution in [0.3, 0.4) is 0 Å². The van der Waals surface area contributed by atoms with Crippen LogP contribution in [0.5, 0.6) is 0 Å². The molecule has 4 N–H and O–H groups in total. The molecule has 4 aromatic rings. The van der Waals surface area contributed by atoms with Gasteiger partial charge in [0.25, 0.3) is 11.8 Å². The second-order valence-corrected chi connectivity index (χ2v) is 22.6. The van der Waals surface area contributed by atoms with E-state index in [1.54, 1.807) is 45.1 Å². The molecule has 0 amide bonds. The number of halogens is 8. The van der Waals surface area contributed by atoms with Gasteiger partial charge in [-0.05, 0) is 92.6 Å². The lowest BCUT2D eigenvalue weighted by Gasteiger charge is -2.40. The maximum Gasteiger partial charge on any atom is 0.338 e. The van der Waals surface area contributed by atoms with Crippen LogP contribution in [0.1, 0.15) is 84.6 Å². The molecule has 10 rings (SSSR count). The number of hydrogen-bond donors (Lipinski definition) is 4. The number of rotatable bonds is 14. The molecule has 16 nitrogen and oxygen atoms in total. The summed E-state index contributed by atoms with van der Waals surface area (Å²) < 4.78 is 99.7. The number of hydrogen-bond acceptors (Lipinski definition) is 16. The lowest BCUT2D eigenvalue weighted by atomic mass is 9.87. The summed E-state index contributed by atoms with van der Waals surface area (Å²) in [6.45, 7) is -0.105. The van der Waals surface area contributed by atoms with Gasteiger partial charge in [0.2, 0.25) is 0 Å². The highest BCUT2D eigenvalue weighted by molar-refractivity contribution is 9.10. The number of aliphatic carboxylic acids is 2. The number of carbonyl (C=O) groups excluding carboxylic acids is 2. The summed E-state index contributed by atoms with van der Waals surface area (Å²) in [6.07, 6.45) is 2.75. The molecular formula is C50H48Br2F6N8O8S2. The highest BCUT2D eigenvalue weighted by Gasteiger charge is 2.59. The average molecular weight is 1230 g/mol. The first-order valence-electron chi connectivity index (χ1n) is 23.9. The molecule has 8 atom stereocenters. The molecule has 0 aliphatic carbocycles. The van der Waals surface area contributed by atoms with E-state index in [1.807, 2.05) is 0 Å². The first-order valence-corrected chi connectivity index (χ1v) is 27.2. The zero-order valence-electron chi connectivity index (χ0n) is 40.3. The Morgan fingerprint density at radius 1 is 0.671 bits per heavy atom. The summed E-state index contributed by atoms with van der Waals surface area (Å²) in [5.41, 5.74) is 1.51. The molecule has 2 aromatic heterocycles. The number of alkyl halides is 4. The number of aliphatic imine (C=N–C) groups is 2. The Kier molecular flexibility index (Phi) is 16.3. The Bertz CT molecular complexity index is 2840. The number of piperidine rings is 2. The number of carbonyl (C=O) groups is 4. The fourth-order valence-electron chi connectivity index (χ4n) is 11.4. The predicted molar refractivity (Wildman–Crippen MR) is 273 cm³/mol. The normalized spacial score (nSPS) is 26.6. The van der Waals surface area contributed by atoms with Crippen molar-refractivity contribution in [1.82, 2.24) is 30.4 Å². The zero-order chi connectivity index (χ0) is 54.4. The lowest BCUT2D eigenvalue weighted by molar-refractivity contribution is -0.140. The van der Waals surface area contributed by atoms with Gasteiger partial charge in [-0.3, -0.25) is 29.4 Å². The molecule has 4 bridgehead atoms. The van der Waals surface area contributed by atoms with Crippen molar-refractivity contribution in [3.63, 3.8) is 0 Å². The topological polar surface area (TPSA) is 208 Å². The molecule has 8 heterocycles. The van der Waals surface area contributed by atoms with Crippen molar-refractivity contribution < 1.29 is 65.2 Å². The molecule has 6 aliphatic heterocycles. The number of carboxylic acid groups (broad SMARTS) is 2. The van der Waals surface area contributed by atoms with Gasteiger partial charge in [0.05, 0.1) is 46.4 Å². The highest BCUT2D eigenvalue weighted by Crippen LogP contribution is 2.51. The lowest BCUT2D eigenvalue weighted by Crippen LogP contribution is -2.50. The molecule has 76 heavy (non-hydrogen) atoms. The summed E-state index contributed by atoms with van der Waals surface area (Å²) >= 11 is 9.12. The smallest absolute Gasteiger partial charge is 0.338 e. The van der Waals surface area contributed by atoms with Gasteiger partial charge in [-0.15, -0.1) is 22.7 Å². The van der Waals surface area contributed by atoms with Crippen LogP contribution in [-0.2, 0) is 28.7 Å². The standard InChI is InChI=1S/2C25H24BrF3N4O4S/c2*1-37-24(36)19-16(11-33-13-7-12(9-18(34)35)8-17(33)25(28,29)10-13)31-22(23-30-5-6-38-23)32-21(19)14-3-2-4-15(27)20(14)26/h2*2-6,12-13,17,21H,7-11H2,1H3,(H,31,32)(H,34,35)/t12?,13-,17+,21+;12?,13-,17+,21-/m10/s1. The summed E-state index contributed by atoms with van der Waals surface area (Å²) in [5, 5.41) is 29.2. The first-order chi connectivity index (χ1) is 36.2. The molecule has 26 heteroatoms. The van der Waals surface area contributed by atoms with Crippen LogP contribution in [0.15, 0.2) is 101 Å². The Labute approximate surface area is 455 Å². The van der Waals surface area contributed by atoms with Crippen molar-refractivity contribution in [2.24, 2.45) is 21.8 Å². The summed E-state index contributed by atoms with van der Waals surface area (Å²) in [6, 6.07) is 3.30. The van der Waals surface area contributed by atoms with Crippen molar-refractivity contribution in [2.75, 3.05) is 27.3 Å². The fourth-order valence-corrected chi connectivity index (χ4v) is 13.5. The van der Waals surface area contributed by atoms with Gasteiger partial charge in [0.15, 0.2) is 21.7 Å². The van der Waals surface area contributed by atoms with Gasteiger partial charge in [0, 0.05) is 85.4 Å². The zero-order valence-corrected chi connectivity index (χ0v) is 45.1. The molecule has 0 spiro atoms. The molecule has 2 unspecified atom stereocenters. The molecular weight excluding hydrogens is 1180 g/mol. The molecule has 4 saturated heterocycles. The summed E-state index contributed by atoms with van der Waals surface area (Å²) in [7, 11) is 2.42. The molecule has 6 aliphatic rings. The van der Waals surface area contributed by atoms with E-state index in [-0.39, 0.29) is 83.5 Å². The number of benzene rings is 2. The number of thiazole rings is 2. The van der Waals surface area contributed by atoms with Crippen LogP contribution in [0.2, 0.25) is 0 Å². The number of amidine groups is 2. The number of fused-ring (bicyclic) bond motifs is 4. The van der Waals surface area contributed by atoms with Crippen LogP contribution in [0.4, 0.5) is 26.3 Å². The van der Waals surface area contributed by atoms with Gasteiger partial charge in [0.1, 0.15) is 23.7 Å². The van der Waals surface area contributed by atoms with Crippen molar-refractivity contribution in [1.29, 1.82) is 0 Å². The minimum absolute atomic E-state index is 0.0307. The summed E-state index contributed by atoms with van der Waals surface area (Å²) in [4.78, 5) is 70.0. The minimum Gasteiger partial charge on any atom is -0.481 e. The molecule has 0 saturated carbocycles. The Morgan fingerprint density at radius 2 is 1.07 bits per heavy atom. The average Bonchev–Trinajstić information content (AvgIpc) is 4.17. The third kappa shape index (κ3) is 11.2. The first kappa shape index (κ1) is 55.2. The monoisotopic (exact) mass is 1220 g/mol. The minimum atomic E-state index is -3.00. The largest absolute Gasteiger partial charge is 0.481 e. The SMILES string of the molecule is COC(=O)C1=C(CN2[C@@H]3CC(CC(=O)O)C[C@H]2C(F)(F)C3)NC(c2nccs2)=N[C@H]1c1cccc(F)c1Br.COC(=O)C1=C(CN2[C@H]3CC(CC(=O)O)C[C@@H]2C(F)(F)C3)NC(c2nccs2)=N[C@H]1c1cccc(F)c1Br. The Balaban J connectivity index is 0.000000186. The van der Waals surface area contributed by atoms with E-state index in [9.17, 15) is 38.2 Å². The second-order valence-electron chi connectivity index (χ2n) is 19.2. The fraction of sp³-hybridized carbons (Fsp3) is 0.440. The van der Waals surface area contributed by atoms with E-state index in [0.717, 1.165) is 0 Å². The van der Waals surface area contributed by atoms with Gasteiger partial charge in [-0.25, -0.2) is 45.9 Å². The third-order valence-electron chi connectivity index (χ3n) is 14.5. The number of methoxy groups -OCH3 is 2. The van der Waals surface area contributed by atoms with E-state index >= 15 is 17.6 Å². The van der Waals surface area contributed by atoms with Gasteiger partial charge in [-0.1, -0.05) is 24.3 Å². The van der Waals surface area contributed by atoms with Crippen molar-refractivity contribution in [2.45, 2.75) is 99.5 Å². The Morgan fingerprint density at radius 3 is 1.39 bits per heavy atom. The Hall–Kier alpha value is -5.54. The quantitative estimate of drug-likeness (QED) is 0.0687. The van der Waals surface area contributed by atoms with Crippen molar-refractivity contribution in [3.8, 4) is 0 Å². The molecule has 4 fully saturated rings. The van der Waals surface area contributed by atoms with Gasteiger partial charge >= 0.3 is 23.9 Å². The van der Waals surface area contributed by atoms with Crippen LogP contribution in [-0.4, -0.2) is 129 Å². The van der Waals surface area contributed by atoms with Crippen LogP contribution >= 0.6 is 54.5 Å². The number of ether oxygens (including phenoxy) is 2. The van der Waals surface area contributed by atoms with E-state index in [0.29, 0.717) is 57.0 Å². The number of aromatic nitrogens is 2. The maximum atomic E-state index is 15.1. The number of esters is 2. The van der Waals surface area contributed by atoms with E-state index in [4.69, 9.17) is 9.47 Å². The third-order valence-corrected chi connectivity index (χ3v) is 17.8. The van der Waals surface area contributed by atoms with Crippen LogP contribution < -0.4 is 10.6 Å². The number of nitrogens with one attached hydrogen (secondary N) is 2. The van der Waals surface area contributed by atoms with Crippen LogP contribution in [0.25, 0.3) is 0 Å².